The van der Waals surface area contributed by atoms with Gasteiger partial charge in [-0.2, -0.15) is 4.31 Å². The van der Waals surface area contributed by atoms with Crippen LogP contribution in [0, 0.1) is 0 Å². The van der Waals surface area contributed by atoms with E-state index in [1.54, 1.807) is 4.31 Å². The maximum atomic E-state index is 12.4. The fourth-order valence-corrected chi connectivity index (χ4v) is 4.46. The zero-order chi connectivity index (χ0) is 11.6. The first-order chi connectivity index (χ1) is 7.62. The van der Waals surface area contributed by atoms with E-state index in [0.717, 1.165) is 13.1 Å². The van der Waals surface area contributed by atoms with Crippen molar-refractivity contribution in [2.45, 2.75) is 31.1 Å². The number of piperazine rings is 1. The van der Waals surface area contributed by atoms with Crippen LogP contribution in [0.25, 0.3) is 0 Å². The number of hydrogen-bond acceptors (Lipinski definition) is 4. The zero-order valence-corrected chi connectivity index (χ0v) is 10.5. The molecule has 0 aromatic carbocycles. The molecule has 1 unspecified atom stereocenters. The molecule has 1 N–H and O–H groups in total. The van der Waals surface area contributed by atoms with Crippen LogP contribution in [-0.4, -0.2) is 56.9 Å². The Kier molecular flexibility index (Phi) is 3.84. The van der Waals surface area contributed by atoms with Gasteiger partial charge in [0.25, 0.3) is 0 Å². The monoisotopic (exact) mass is 248 g/mol. The summed E-state index contributed by atoms with van der Waals surface area (Å²) in [6, 6.07) is 0.0709. The van der Waals surface area contributed by atoms with Crippen molar-refractivity contribution in [1.82, 2.24) is 9.62 Å². The van der Waals surface area contributed by atoms with Crippen LogP contribution >= 0.6 is 0 Å². The second-order valence-electron chi connectivity index (χ2n) is 4.52. The molecule has 16 heavy (non-hydrogen) atoms. The molecule has 0 radical (unpaired) electrons. The third-order valence-electron chi connectivity index (χ3n) is 3.36. The summed E-state index contributed by atoms with van der Waals surface area (Å²) in [4.78, 5) is 0. The van der Waals surface area contributed by atoms with Crippen molar-refractivity contribution in [2.24, 2.45) is 0 Å². The van der Waals surface area contributed by atoms with E-state index >= 15 is 0 Å². The standard InChI is InChI=1S/C10H20N2O3S/c1-9-8-11-4-5-12(9)16(13,14)10-2-6-15-7-3-10/h9-11H,2-8H2,1H3. The molecule has 6 heteroatoms. The predicted molar refractivity (Wildman–Crippen MR) is 61.8 cm³/mol. The van der Waals surface area contributed by atoms with Crippen LogP contribution < -0.4 is 5.32 Å². The van der Waals surface area contributed by atoms with Crippen LogP contribution in [0.2, 0.25) is 0 Å². The van der Waals surface area contributed by atoms with Gasteiger partial charge in [-0.25, -0.2) is 8.42 Å². The van der Waals surface area contributed by atoms with Crippen LogP contribution in [0.4, 0.5) is 0 Å². The third-order valence-corrected chi connectivity index (χ3v) is 5.87. The van der Waals surface area contributed by atoms with Gasteiger partial charge >= 0.3 is 0 Å². The average Bonchev–Trinajstić information content (AvgIpc) is 2.30. The van der Waals surface area contributed by atoms with Crippen LogP contribution in [0.5, 0.6) is 0 Å². The van der Waals surface area contributed by atoms with Crippen molar-refractivity contribution >= 4 is 10.0 Å². The maximum absolute atomic E-state index is 12.4. The third kappa shape index (κ3) is 2.40. The number of hydrogen-bond donors (Lipinski definition) is 1. The summed E-state index contributed by atoms with van der Waals surface area (Å²) in [5.41, 5.74) is 0. The lowest BCUT2D eigenvalue weighted by Crippen LogP contribution is -2.55. The first-order valence-electron chi connectivity index (χ1n) is 5.91. The quantitative estimate of drug-likeness (QED) is 0.734. The molecule has 2 rings (SSSR count). The van der Waals surface area contributed by atoms with Gasteiger partial charge in [0.2, 0.25) is 10.0 Å². The van der Waals surface area contributed by atoms with Crippen LogP contribution in [0.15, 0.2) is 0 Å². The van der Waals surface area contributed by atoms with E-state index in [9.17, 15) is 8.42 Å². The molecule has 0 spiro atoms. The highest BCUT2D eigenvalue weighted by Gasteiger charge is 2.36. The minimum atomic E-state index is -3.12. The van der Waals surface area contributed by atoms with Gasteiger partial charge in [0.1, 0.15) is 0 Å². The lowest BCUT2D eigenvalue weighted by molar-refractivity contribution is 0.0965. The SMILES string of the molecule is CC1CNCCN1S(=O)(=O)C1CCOCC1. The summed E-state index contributed by atoms with van der Waals surface area (Å²) in [5.74, 6) is 0. The molecule has 0 aromatic heterocycles. The smallest absolute Gasteiger partial charge is 0.217 e. The molecular formula is C10H20N2O3S. The Morgan fingerprint density at radius 1 is 1.31 bits per heavy atom. The molecule has 2 saturated heterocycles. The van der Waals surface area contributed by atoms with E-state index in [1.807, 2.05) is 6.92 Å². The first kappa shape index (κ1) is 12.3. The highest BCUT2D eigenvalue weighted by molar-refractivity contribution is 7.89. The number of rotatable bonds is 2. The molecule has 5 nitrogen and oxygen atoms in total. The van der Waals surface area contributed by atoms with E-state index < -0.39 is 10.0 Å². The molecule has 0 aromatic rings. The van der Waals surface area contributed by atoms with Gasteiger partial charge in [-0.1, -0.05) is 0 Å². The summed E-state index contributed by atoms with van der Waals surface area (Å²) in [6.45, 7) is 5.22. The van der Waals surface area contributed by atoms with Crippen LogP contribution in [0.3, 0.4) is 0 Å². The van der Waals surface area contributed by atoms with Crippen molar-refractivity contribution in [3.05, 3.63) is 0 Å². The maximum Gasteiger partial charge on any atom is 0.217 e. The van der Waals surface area contributed by atoms with Gasteiger partial charge in [-0.3, -0.25) is 0 Å². The van der Waals surface area contributed by atoms with Crippen molar-refractivity contribution in [3.8, 4) is 0 Å². The topological polar surface area (TPSA) is 58.6 Å². The van der Waals surface area contributed by atoms with E-state index in [2.05, 4.69) is 5.32 Å². The predicted octanol–water partition coefficient (Wildman–Crippen LogP) is -0.211. The van der Waals surface area contributed by atoms with Crippen LogP contribution in [0.1, 0.15) is 19.8 Å². The zero-order valence-electron chi connectivity index (χ0n) is 9.68. The van der Waals surface area contributed by atoms with Gasteiger partial charge in [0.15, 0.2) is 0 Å². The van der Waals surface area contributed by atoms with Gasteiger partial charge in [-0.15, -0.1) is 0 Å². The molecule has 2 aliphatic rings. The van der Waals surface area contributed by atoms with Gasteiger partial charge in [0.05, 0.1) is 5.25 Å². The molecular weight excluding hydrogens is 228 g/mol. The summed E-state index contributed by atoms with van der Waals surface area (Å²) in [6.07, 6.45) is 1.28. The lowest BCUT2D eigenvalue weighted by atomic mass is 10.2. The molecule has 1 atom stereocenters. The summed E-state index contributed by atoms with van der Waals surface area (Å²) in [7, 11) is -3.12. The fraction of sp³-hybridized carbons (Fsp3) is 1.00. The van der Waals surface area contributed by atoms with E-state index in [0.29, 0.717) is 32.6 Å². The van der Waals surface area contributed by atoms with Gasteiger partial charge < -0.3 is 10.1 Å². The molecule has 0 amide bonds. The van der Waals surface area contributed by atoms with Crippen molar-refractivity contribution in [1.29, 1.82) is 0 Å². The molecule has 2 aliphatic heterocycles. The van der Waals surface area contributed by atoms with E-state index in [4.69, 9.17) is 4.74 Å². The summed E-state index contributed by atoms with van der Waals surface area (Å²) in [5, 5.41) is 2.97. The van der Waals surface area contributed by atoms with Crippen LogP contribution in [-0.2, 0) is 14.8 Å². The Bertz CT molecular complexity index is 325. The van der Waals surface area contributed by atoms with E-state index in [-0.39, 0.29) is 11.3 Å². The number of nitrogens with one attached hydrogen (secondary N) is 1. The Morgan fingerprint density at radius 3 is 2.62 bits per heavy atom. The highest BCUT2D eigenvalue weighted by Crippen LogP contribution is 2.22. The largest absolute Gasteiger partial charge is 0.381 e. The second kappa shape index (κ2) is 5.00. The van der Waals surface area contributed by atoms with Crippen molar-refractivity contribution < 1.29 is 13.2 Å². The Balaban J connectivity index is 2.10. The molecule has 94 valence electrons. The van der Waals surface area contributed by atoms with E-state index in [1.165, 1.54) is 0 Å². The number of nitrogens with zero attached hydrogens (tertiary/aromatic N) is 1. The Hall–Kier alpha value is -0.170. The number of ether oxygens (including phenoxy) is 1. The fourth-order valence-electron chi connectivity index (χ4n) is 2.37. The summed E-state index contributed by atoms with van der Waals surface area (Å²) >= 11 is 0. The minimum Gasteiger partial charge on any atom is -0.381 e. The highest BCUT2D eigenvalue weighted by atomic mass is 32.2. The normalized spacial score (nSPS) is 30.4. The first-order valence-corrected chi connectivity index (χ1v) is 7.42. The lowest BCUT2D eigenvalue weighted by Gasteiger charge is -2.36. The van der Waals surface area contributed by atoms with Gasteiger partial charge in [0, 0.05) is 38.9 Å². The Labute approximate surface area is 97.2 Å². The number of sulfonamides is 1. The van der Waals surface area contributed by atoms with Gasteiger partial charge in [-0.05, 0) is 19.8 Å². The average molecular weight is 248 g/mol. The molecule has 0 saturated carbocycles. The molecule has 0 aliphatic carbocycles. The van der Waals surface area contributed by atoms with Crippen molar-refractivity contribution in [3.63, 3.8) is 0 Å². The second-order valence-corrected chi connectivity index (χ2v) is 6.69. The van der Waals surface area contributed by atoms with Crippen molar-refractivity contribution in [2.75, 3.05) is 32.8 Å². The molecule has 2 heterocycles. The molecule has 0 bridgehead atoms. The minimum absolute atomic E-state index is 0.0709. The summed E-state index contributed by atoms with van der Waals surface area (Å²) < 4.78 is 31.7. The Morgan fingerprint density at radius 2 is 2.00 bits per heavy atom. The molecule has 2 fully saturated rings.